The highest BCUT2D eigenvalue weighted by Crippen LogP contribution is 2.34. The predicted molar refractivity (Wildman–Crippen MR) is 149 cm³/mol. The van der Waals surface area contributed by atoms with Crippen LogP contribution in [0.4, 0.5) is 5.69 Å². The fourth-order valence-corrected chi connectivity index (χ4v) is 4.00. The molecular weight excluding hydrogens is 464 g/mol. The quantitative estimate of drug-likeness (QED) is 0.154. The number of amidine groups is 1. The van der Waals surface area contributed by atoms with E-state index in [9.17, 15) is 9.59 Å². The van der Waals surface area contributed by atoms with E-state index in [0.29, 0.717) is 22.9 Å². The molecule has 2 aliphatic carbocycles. The number of nitrogens with two attached hydrogens (primary N) is 3. The summed E-state index contributed by atoms with van der Waals surface area (Å²) in [6, 6.07) is 13.7. The number of anilines is 1. The Balaban J connectivity index is 1.56. The average Bonchev–Trinajstić information content (AvgIpc) is 3.79. The summed E-state index contributed by atoms with van der Waals surface area (Å²) < 4.78 is 0. The Morgan fingerprint density at radius 3 is 2.38 bits per heavy atom. The van der Waals surface area contributed by atoms with E-state index in [-0.39, 0.29) is 23.6 Å². The van der Waals surface area contributed by atoms with Crippen LogP contribution in [0.1, 0.15) is 36.8 Å². The smallest absolute Gasteiger partial charge is 0.257 e. The first kappa shape index (κ1) is 25.8. The Bertz CT molecular complexity index is 1330. The molecule has 8 N–H and O–H groups in total. The number of carbonyl (C=O) groups is 2. The van der Waals surface area contributed by atoms with Gasteiger partial charge >= 0.3 is 0 Å². The van der Waals surface area contributed by atoms with Gasteiger partial charge < -0.3 is 27.8 Å². The van der Waals surface area contributed by atoms with Gasteiger partial charge in [0, 0.05) is 42.3 Å². The number of benzene rings is 2. The molecule has 0 heterocycles. The van der Waals surface area contributed by atoms with Crippen molar-refractivity contribution in [3.05, 3.63) is 83.2 Å². The monoisotopic (exact) mass is 498 g/mol. The van der Waals surface area contributed by atoms with Crippen LogP contribution in [0.5, 0.6) is 0 Å². The van der Waals surface area contributed by atoms with Crippen LogP contribution >= 0.6 is 0 Å². The molecule has 37 heavy (non-hydrogen) atoms. The van der Waals surface area contributed by atoms with Crippen molar-refractivity contribution in [2.45, 2.75) is 32.6 Å². The number of aliphatic imine (C=N–C) groups is 1. The van der Waals surface area contributed by atoms with E-state index < -0.39 is 0 Å². The lowest BCUT2D eigenvalue weighted by Gasteiger charge is -2.13. The number of allylic oxidation sites excluding steroid dienone is 1. The molecule has 0 aromatic heterocycles. The van der Waals surface area contributed by atoms with Crippen LogP contribution < -0.4 is 27.8 Å². The van der Waals surface area contributed by atoms with Crippen molar-refractivity contribution in [2.75, 3.05) is 12.4 Å². The first-order valence-corrected chi connectivity index (χ1v) is 12.5. The van der Waals surface area contributed by atoms with Crippen molar-refractivity contribution in [1.29, 1.82) is 0 Å². The number of carbonyl (C=O) groups excluding carboxylic acids is 2. The van der Waals surface area contributed by atoms with Crippen molar-refractivity contribution < 1.29 is 9.59 Å². The standard InChI is InChI=1S/C29H34N6O2/c1-17-6-11-23(34-29(37)22(16-30)13-25(31)18-7-8-18)14-24(17)20-4-3-5-21(12-20)26(33-2)15-27(32)35-28(36)19-9-10-19/h3-6,11-16,18-19,33H,7-10,30-31H2,1-2H3,(H,34,37)(H2,32,35,36)/b22-16+,25-13-,26-15-. The number of rotatable bonds is 9. The second-order valence-electron chi connectivity index (χ2n) is 9.56. The topological polar surface area (TPSA) is 149 Å². The number of nitrogens with zero attached hydrogens (tertiary/aromatic N) is 1. The summed E-state index contributed by atoms with van der Waals surface area (Å²) in [6.07, 6.45) is 8.47. The maximum Gasteiger partial charge on any atom is 0.257 e. The molecule has 4 rings (SSSR count). The molecule has 2 aliphatic rings. The molecular formula is C29H34N6O2. The van der Waals surface area contributed by atoms with Gasteiger partial charge in [0.05, 0.1) is 5.57 Å². The van der Waals surface area contributed by atoms with E-state index in [1.54, 1.807) is 19.2 Å². The van der Waals surface area contributed by atoms with Gasteiger partial charge in [-0.25, -0.2) is 0 Å². The van der Waals surface area contributed by atoms with E-state index in [1.807, 2.05) is 49.4 Å². The first-order valence-electron chi connectivity index (χ1n) is 12.5. The molecule has 2 saturated carbocycles. The van der Waals surface area contributed by atoms with Crippen molar-refractivity contribution in [2.24, 2.45) is 34.0 Å². The number of amides is 2. The molecule has 0 saturated heterocycles. The predicted octanol–water partition coefficient (Wildman–Crippen LogP) is 3.55. The molecule has 192 valence electrons. The van der Waals surface area contributed by atoms with Crippen molar-refractivity contribution in [1.82, 2.24) is 5.32 Å². The van der Waals surface area contributed by atoms with Crippen LogP contribution in [0.15, 0.2) is 77.1 Å². The number of hydrogen-bond acceptors (Lipinski definition) is 5. The lowest BCUT2D eigenvalue weighted by atomic mass is 9.97. The van der Waals surface area contributed by atoms with E-state index in [4.69, 9.17) is 17.2 Å². The SMILES string of the molecule is CN/C(=C\C(N)=NC(=O)C1CC1)c1cccc(-c2cc(NC(=O)C(/C=C(\N)C3CC3)=C/N)ccc2C)c1. The maximum absolute atomic E-state index is 12.8. The van der Waals surface area contributed by atoms with E-state index in [2.05, 4.69) is 15.6 Å². The normalized spacial score (nSPS) is 16.9. The molecule has 0 bridgehead atoms. The van der Waals surface area contributed by atoms with Crippen molar-refractivity contribution in [3.63, 3.8) is 0 Å². The van der Waals surface area contributed by atoms with Crippen LogP contribution in [0.2, 0.25) is 0 Å². The largest absolute Gasteiger partial charge is 0.404 e. The molecule has 8 heteroatoms. The molecule has 0 aliphatic heterocycles. The van der Waals surface area contributed by atoms with Crippen LogP contribution in [-0.4, -0.2) is 24.7 Å². The second kappa shape index (κ2) is 11.2. The van der Waals surface area contributed by atoms with Gasteiger partial charge in [0.25, 0.3) is 11.8 Å². The van der Waals surface area contributed by atoms with Crippen LogP contribution in [-0.2, 0) is 9.59 Å². The third-order valence-electron chi connectivity index (χ3n) is 6.52. The molecule has 2 amide bonds. The first-order chi connectivity index (χ1) is 17.8. The van der Waals surface area contributed by atoms with Gasteiger partial charge in [0.15, 0.2) is 0 Å². The highest BCUT2D eigenvalue weighted by Gasteiger charge is 2.29. The Hall–Kier alpha value is -4.33. The summed E-state index contributed by atoms with van der Waals surface area (Å²) in [6.45, 7) is 2.01. The van der Waals surface area contributed by atoms with Gasteiger partial charge in [0.1, 0.15) is 5.84 Å². The molecule has 2 fully saturated rings. The lowest BCUT2D eigenvalue weighted by molar-refractivity contribution is -0.119. The zero-order valence-electron chi connectivity index (χ0n) is 21.3. The van der Waals surface area contributed by atoms with Crippen molar-refractivity contribution in [3.8, 4) is 11.1 Å². The summed E-state index contributed by atoms with van der Waals surface area (Å²) in [5, 5.41) is 6.07. The van der Waals surface area contributed by atoms with Gasteiger partial charge in [0.2, 0.25) is 0 Å². The van der Waals surface area contributed by atoms with E-state index >= 15 is 0 Å². The Morgan fingerprint density at radius 1 is 1.00 bits per heavy atom. The number of nitrogens with one attached hydrogen (secondary N) is 2. The Kier molecular flexibility index (Phi) is 7.77. The minimum atomic E-state index is -0.314. The Morgan fingerprint density at radius 2 is 1.73 bits per heavy atom. The minimum Gasteiger partial charge on any atom is -0.404 e. The summed E-state index contributed by atoms with van der Waals surface area (Å²) in [5.74, 6) is 0.0638. The molecule has 0 atom stereocenters. The average molecular weight is 499 g/mol. The van der Waals surface area contributed by atoms with Gasteiger partial charge in [-0.15, -0.1) is 0 Å². The van der Waals surface area contributed by atoms with Crippen LogP contribution in [0.3, 0.4) is 0 Å². The zero-order chi connectivity index (χ0) is 26.5. The highest BCUT2D eigenvalue weighted by molar-refractivity contribution is 6.06. The molecule has 8 nitrogen and oxygen atoms in total. The van der Waals surface area contributed by atoms with E-state index in [0.717, 1.165) is 53.6 Å². The third-order valence-corrected chi connectivity index (χ3v) is 6.52. The lowest BCUT2D eigenvalue weighted by Crippen LogP contribution is -2.16. The van der Waals surface area contributed by atoms with Gasteiger partial charge in [-0.05, 0) is 85.1 Å². The molecule has 0 spiro atoms. The number of aryl methyl sites for hydroxylation is 1. The Labute approximate surface area is 217 Å². The van der Waals surface area contributed by atoms with Gasteiger partial charge in [-0.3, -0.25) is 9.59 Å². The highest BCUT2D eigenvalue weighted by atomic mass is 16.2. The minimum absolute atomic E-state index is 0.0204. The summed E-state index contributed by atoms with van der Waals surface area (Å²) >= 11 is 0. The fraction of sp³-hybridized carbons (Fsp3) is 0.276. The third kappa shape index (κ3) is 6.67. The van der Waals surface area contributed by atoms with Crippen LogP contribution in [0, 0.1) is 18.8 Å². The zero-order valence-corrected chi connectivity index (χ0v) is 21.3. The van der Waals surface area contributed by atoms with E-state index in [1.165, 1.54) is 6.20 Å². The van der Waals surface area contributed by atoms with Gasteiger partial charge in [-0.2, -0.15) is 4.99 Å². The summed E-state index contributed by atoms with van der Waals surface area (Å²) in [7, 11) is 1.79. The van der Waals surface area contributed by atoms with Crippen LogP contribution in [0.25, 0.3) is 16.8 Å². The fourth-order valence-electron chi connectivity index (χ4n) is 4.00. The molecule has 0 radical (unpaired) electrons. The van der Waals surface area contributed by atoms with Crippen molar-refractivity contribution >= 4 is 29.0 Å². The maximum atomic E-state index is 12.8. The second-order valence-corrected chi connectivity index (χ2v) is 9.56. The molecule has 0 unspecified atom stereocenters. The van der Waals surface area contributed by atoms with Gasteiger partial charge in [-0.1, -0.05) is 24.3 Å². The molecule has 2 aromatic rings. The molecule has 2 aromatic carbocycles. The number of hydrogen-bond donors (Lipinski definition) is 5. The summed E-state index contributed by atoms with van der Waals surface area (Å²) in [4.78, 5) is 28.8. The summed E-state index contributed by atoms with van der Waals surface area (Å²) in [5.41, 5.74) is 24.1.